The van der Waals surface area contributed by atoms with E-state index in [9.17, 15) is 13.2 Å². The van der Waals surface area contributed by atoms with Gasteiger partial charge in [0.2, 0.25) is 10.0 Å². The first-order chi connectivity index (χ1) is 13.4. The zero-order valence-corrected chi connectivity index (χ0v) is 16.5. The van der Waals surface area contributed by atoms with Crippen LogP contribution in [0.3, 0.4) is 0 Å². The molecule has 0 fully saturated rings. The largest absolute Gasteiger partial charge is 0.304 e. The molecule has 6 nitrogen and oxygen atoms in total. The third-order valence-electron chi connectivity index (χ3n) is 4.24. The molecular formula is C21H21N3O3S. The van der Waals surface area contributed by atoms with E-state index in [4.69, 9.17) is 0 Å². The summed E-state index contributed by atoms with van der Waals surface area (Å²) in [6, 6.07) is 19.1. The lowest BCUT2D eigenvalue weighted by Crippen LogP contribution is -2.31. The monoisotopic (exact) mass is 395 g/mol. The molecule has 1 aromatic heterocycles. The molecule has 2 aromatic carbocycles. The van der Waals surface area contributed by atoms with Crippen LogP contribution >= 0.6 is 0 Å². The van der Waals surface area contributed by atoms with E-state index in [-0.39, 0.29) is 10.8 Å². The van der Waals surface area contributed by atoms with E-state index < -0.39 is 10.0 Å². The summed E-state index contributed by atoms with van der Waals surface area (Å²) in [5.41, 5.74) is 1.89. The Morgan fingerprint density at radius 1 is 0.964 bits per heavy atom. The molecular weight excluding hydrogens is 374 g/mol. The number of pyridine rings is 1. The third kappa shape index (κ3) is 4.27. The van der Waals surface area contributed by atoms with Gasteiger partial charge in [-0.05, 0) is 42.0 Å². The maximum absolute atomic E-state index is 13.3. The Bertz CT molecular complexity index is 1050. The van der Waals surface area contributed by atoms with Crippen LogP contribution in [0.5, 0.6) is 0 Å². The predicted molar refractivity (Wildman–Crippen MR) is 109 cm³/mol. The summed E-state index contributed by atoms with van der Waals surface area (Å²) < 4.78 is 26.0. The van der Waals surface area contributed by atoms with Crippen LogP contribution in [0.4, 0.5) is 5.69 Å². The number of amides is 1. The van der Waals surface area contributed by atoms with Crippen molar-refractivity contribution < 1.29 is 13.2 Å². The molecule has 0 saturated heterocycles. The molecule has 1 heterocycles. The van der Waals surface area contributed by atoms with Crippen LogP contribution in [0.1, 0.15) is 15.9 Å². The van der Waals surface area contributed by atoms with Crippen LogP contribution in [0.2, 0.25) is 0 Å². The summed E-state index contributed by atoms with van der Waals surface area (Å²) in [7, 11) is -0.708. The summed E-state index contributed by atoms with van der Waals surface area (Å²) in [6.45, 7) is 0.321. The molecule has 0 N–H and O–H groups in total. The van der Waals surface area contributed by atoms with E-state index in [1.165, 1.54) is 26.2 Å². The Hall–Kier alpha value is -3.03. The van der Waals surface area contributed by atoms with Gasteiger partial charge in [0.25, 0.3) is 5.91 Å². The summed E-state index contributed by atoms with van der Waals surface area (Å²) in [4.78, 5) is 19.1. The van der Waals surface area contributed by atoms with Gasteiger partial charge in [0.05, 0.1) is 11.4 Å². The van der Waals surface area contributed by atoms with Gasteiger partial charge in [-0.3, -0.25) is 9.78 Å². The van der Waals surface area contributed by atoms with Gasteiger partial charge in [-0.1, -0.05) is 30.3 Å². The summed E-state index contributed by atoms with van der Waals surface area (Å²) in [6.07, 6.45) is 3.38. The lowest BCUT2D eigenvalue weighted by Gasteiger charge is -2.23. The fourth-order valence-corrected chi connectivity index (χ4v) is 3.67. The van der Waals surface area contributed by atoms with Crippen molar-refractivity contribution in [3.05, 3.63) is 90.3 Å². The van der Waals surface area contributed by atoms with Crippen molar-refractivity contribution in [3.63, 3.8) is 0 Å². The second-order valence-electron chi connectivity index (χ2n) is 6.40. The molecule has 0 aliphatic rings. The molecule has 0 spiro atoms. The van der Waals surface area contributed by atoms with E-state index in [2.05, 4.69) is 4.98 Å². The highest BCUT2D eigenvalue weighted by Crippen LogP contribution is 2.22. The topological polar surface area (TPSA) is 70.6 Å². The Balaban J connectivity index is 2.00. The van der Waals surface area contributed by atoms with Gasteiger partial charge >= 0.3 is 0 Å². The molecule has 0 aliphatic heterocycles. The highest BCUT2D eigenvalue weighted by molar-refractivity contribution is 7.89. The summed E-state index contributed by atoms with van der Waals surface area (Å²) >= 11 is 0. The molecule has 3 aromatic rings. The smallest absolute Gasteiger partial charge is 0.258 e. The molecule has 0 radical (unpaired) electrons. The average Bonchev–Trinajstić information content (AvgIpc) is 2.73. The maximum Gasteiger partial charge on any atom is 0.258 e. The first kappa shape index (κ1) is 19.7. The van der Waals surface area contributed by atoms with Gasteiger partial charge in [-0.2, -0.15) is 0 Å². The number of hydrogen-bond donors (Lipinski definition) is 0. The lowest BCUT2D eigenvalue weighted by molar-refractivity contribution is 0.0985. The highest BCUT2D eigenvalue weighted by Gasteiger charge is 2.22. The van der Waals surface area contributed by atoms with Crippen molar-refractivity contribution in [1.29, 1.82) is 0 Å². The zero-order valence-electron chi connectivity index (χ0n) is 15.7. The van der Waals surface area contributed by atoms with Crippen molar-refractivity contribution in [2.24, 2.45) is 0 Å². The van der Waals surface area contributed by atoms with Crippen molar-refractivity contribution in [2.45, 2.75) is 11.4 Å². The second kappa shape index (κ2) is 8.33. The SMILES string of the molecule is CN(C)S(=O)(=O)c1cccc(C(=O)N(Cc2cccnc2)c2ccccc2)c1. The molecule has 7 heteroatoms. The Morgan fingerprint density at radius 2 is 1.71 bits per heavy atom. The zero-order chi connectivity index (χ0) is 20.1. The molecule has 144 valence electrons. The number of sulfonamides is 1. The van der Waals surface area contributed by atoms with E-state index in [1.807, 2.05) is 42.5 Å². The summed E-state index contributed by atoms with van der Waals surface area (Å²) in [5.74, 6) is -0.286. The molecule has 0 bridgehead atoms. The van der Waals surface area contributed by atoms with Gasteiger partial charge < -0.3 is 4.90 Å². The minimum absolute atomic E-state index is 0.0812. The van der Waals surface area contributed by atoms with E-state index in [1.54, 1.807) is 29.4 Å². The molecule has 0 atom stereocenters. The fourth-order valence-electron chi connectivity index (χ4n) is 2.72. The summed E-state index contributed by atoms with van der Waals surface area (Å²) in [5, 5.41) is 0. The van der Waals surface area contributed by atoms with Gasteiger partial charge in [0, 0.05) is 37.7 Å². The van der Waals surface area contributed by atoms with Crippen LogP contribution in [0.15, 0.2) is 84.0 Å². The van der Waals surface area contributed by atoms with Gasteiger partial charge in [-0.15, -0.1) is 0 Å². The van der Waals surface area contributed by atoms with Gasteiger partial charge in [0.15, 0.2) is 0 Å². The number of aromatic nitrogens is 1. The maximum atomic E-state index is 13.3. The predicted octanol–water partition coefficient (Wildman–Crippen LogP) is 3.18. The number of para-hydroxylation sites is 1. The molecule has 0 aliphatic carbocycles. The molecule has 0 unspecified atom stereocenters. The third-order valence-corrected chi connectivity index (χ3v) is 6.05. The van der Waals surface area contributed by atoms with Crippen molar-refractivity contribution in [1.82, 2.24) is 9.29 Å². The molecule has 3 rings (SSSR count). The number of nitrogens with zero attached hydrogens (tertiary/aromatic N) is 3. The molecule has 0 saturated carbocycles. The first-order valence-electron chi connectivity index (χ1n) is 8.68. The Morgan fingerprint density at radius 3 is 2.36 bits per heavy atom. The minimum Gasteiger partial charge on any atom is -0.304 e. The number of carbonyl (C=O) groups is 1. The Labute approximate surface area is 165 Å². The first-order valence-corrected chi connectivity index (χ1v) is 10.1. The number of carbonyl (C=O) groups excluding carboxylic acids is 1. The minimum atomic E-state index is -3.63. The van der Waals surface area contributed by atoms with E-state index >= 15 is 0 Å². The highest BCUT2D eigenvalue weighted by atomic mass is 32.2. The standard InChI is InChI=1S/C21H21N3O3S/c1-23(2)28(26,27)20-12-6-9-18(14-20)21(25)24(19-10-4-3-5-11-19)16-17-8-7-13-22-15-17/h3-15H,16H2,1-2H3. The lowest BCUT2D eigenvalue weighted by atomic mass is 10.1. The quantitative estimate of drug-likeness (QED) is 0.643. The normalized spacial score (nSPS) is 11.4. The van der Waals surface area contributed by atoms with Crippen LogP contribution in [-0.2, 0) is 16.6 Å². The number of benzene rings is 2. The van der Waals surface area contributed by atoms with Gasteiger partial charge in [-0.25, -0.2) is 12.7 Å². The average molecular weight is 395 g/mol. The number of hydrogen-bond acceptors (Lipinski definition) is 4. The van der Waals surface area contributed by atoms with Crippen molar-refractivity contribution >= 4 is 21.6 Å². The number of rotatable bonds is 6. The van der Waals surface area contributed by atoms with Crippen LogP contribution in [-0.4, -0.2) is 37.7 Å². The van der Waals surface area contributed by atoms with Crippen LogP contribution in [0.25, 0.3) is 0 Å². The van der Waals surface area contributed by atoms with Crippen molar-refractivity contribution in [3.8, 4) is 0 Å². The molecule has 28 heavy (non-hydrogen) atoms. The second-order valence-corrected chi connectivity index (χ2v) is 8.56. The van der Waals surface area contributed by atoms with Gasteiger partial charge in [0.1, 0.15) is 0 Å². The van der Waals surface area contributed by atoms with Crippen molar-refractivity contribution in [2.75, 3.05) is 19.0 Å². The van der Waals surface area contributed by atoms with Crippen LogP contribution < -0.4 is 4.90 Å². The number of anilines is 1. The molecule has 1 amide bonds. The van der Waals surface area contributed by atoms with Crippen LogP contribution in [0, 0.1) is 0 Å². The van der Waals surface area contributed by atoms with E-state index in [0.29, 0.717) is 12.1 Å². The Kier molecular flexibility index (Phi) is 5.87. The van der Waals surface area contributed by atoms with E-state index in [0.717, 1.165) is 15.6 Å². The fraction of sp³-hybridized carbons (Fsp3) is 0.143.